The average molecular weight is 194 g/mol. The Balaban J connectivity index is 2.66. The van der Waals surface area contributed by atoms with Gasteiger partial charge >= 0.3 is 0 Å². The van der Waals surface area contributed by atoms with E-state index in [9.17, 15) is 13.6 Å². The molecule has 0 aromatic rings. The van der Waals surface area contributed by atoms with Crippen LogP contribution >= 0.6 is 0 Å². The summed E-state index contributed by atoms with van der Waals surface area (Å²) in [4.78, 5) is 15.8. The summed E-state index contributed by atoms with van der Waals surface area (Å²) in [5, 5.41) is 3.29. The number of rotatable bonds is 2. The van der Waals surface area contributed by atoms with Gasteiger partial charge in [-0.1, -0.05) is 0 Å². The third kappa shape index (κ3) is 1.94. The van der Waals surface area contributed by atoms with Crippen LogP contribution in [-0.2, 0) is 9.63 Å². The molecule has 1 fully saturated rings. The molecule has 0 saturated carbocycles. The second-order valence-corrected chi connectivity index (χ2v) is 2.96. The Labute approximate surface area is 74.8 Å². The molecule has 1 aliphatic rings. The van der Waals surface area contributed by atoms with Gasteiger partial charge in [-0.2, -0.15) is 0 Å². The molecular formula is C7H12F2N2O2. The van der Waals surface area contributed by atoms with Crippen LogP contribution in [0.25, 0.3) is 0 Å². The van der Waals surface area contributed by atoms with Crippen LogP contribution in [0.2, 0.25) is 0 Å². The maximum Gasteiger partial charge on any atom is 0.273 e. The molecular weight excluding hydrogens is 182 g/mol. The zero-order valence-electron chi connectivity index (χ0n) is 7.51. The number of carbonyl (C=O) groups excluding carboxylic acids is 1. The van der Waals surface area contributed by atoms with Crippen LogP contribution in [0.4, 0.5) is 8.78 Å². The van der Waals surface area contributed by atoms with Crippen molar-refractivity contribution in [2.24, 2.45) is 5.92 Å². The number of hydroxylamine groups is 2. The van der Waals surface area contributed by atoms with Gasteiger partial charge in [0.15, 0.2) is 0 Å². The first-order valence-corrected chi connectivity index (χ1v) is 3.89. The van der Waals surface area contributed by atoms with Gasteiger partial charge in [0, 0.05) is 13.6 Å². The second-order valence-electron chi connectivity index (χ2n) is 2.96. The summed E-state index contributed by atoms with van der Waals surface area (Å²) < 4.78 is 26.0. The number of halogens is 2. The fourth-order valence-corrected chi connectivity index (χ4v) is 1.23. The summed E-state index contributed by atoms with van der Waals surface area (Å²) in [5.74, 6) is -4.97. The van der Waals surface area contributed by atoms with E-state index in [1.165, 1.54) is 14.2 Å². The van der Waals surface area contributed by atoms with Gasteiger partial charge in [0.25, 0.3) is 11.8 Å². The van der Waals surface area contributed by atoms with Gasteiger partial charge < -0.3 is 5.32 Å². The number of nitrogens with zero attached hydrogens (tertiary/aromatic N) is 1. The van der Waals surface area contributed by atoms with Crippen molar-refractivity contribution < 1.29 is 18.4 Å². The van der Waals surface area contributed by atoms with Crippen molar-refractivity contribution in [2.75, 3.05) is 27.2 Å². The molecule has 76 valence electrons. The molecule has 1 amide bonds. The quantitative estimate of drug-likeness (QED) is 0.622. The zero-order chi connectivity index (χ0) is 10.1. The lowest BCUT2D eigenvalue weighted by atomic mass is 10.0. The number of amides is 1. The highest BCUT2D eigenvalue weighted by atomic mass is 19.3. The molecule has 13 heavy (non-hydrogen) atoms. The van der Waals surface area contributed by atoms with E-state index in [2.05, 4.69) is 10.2 Å². The minimum atomic E-state index is -2.97. The van der Waals surface area contributed by atoms with Crippen LogP contribution in [0.15, 0.2) is 0 Å². The summed E-state index contributed by atoms with van der Waals surface area (Å²) in [6.07, 6.45) is 0. The third-order valence-corrected chi connectivity index (χ3v) is 2.10. The molecule has 1 N–H and O–H groups in total. The van der Waals surface area contributed by atoms with E-state index in [0.717, 1.165) is 5.06 Å². The van der Waals surface area contributed by atoms with Crippen LogP contribution in [0.3, 0.4) is 0 Å². The Morgan fingerprint density at radius 3 is 2.69 bits per heavy atom. The lowest BCUT2D eigenvalue weighted by Crippen LogP contribution is -2.41. The standard InChI is InChI=1S/C7H12F2N2O2/c1-11(13-2)6(12)5-3-10-4-7(5,8)9/h5,10H,3-4H2,1-2H3. The number of hydrogen-bond donors (Lipinski definition) is 1. The van der Waals surface area contributed by atoms with Gasteiger partial charge in [-0.25, -0.2) is 13.8 Å². The van der Waals surface area contributed by atoms with Gasteiger partial charge in [0.1, 0.15) is 5.92 Å². The van der Waals surface area contributed by atoms with Crippen molar-refractivity contribution in [3.8, 4) is 0 Å². The van der Waals surface area contributed by atoms with Crippen molar-refractivity contribution in [3.05, 3.63) is 0 Å². The highest BCUT2D eigenvalue weighted by molar-refractivity contribution is 5.79. The Bertz CT molecular complexity index is 211. The molecule has 1 rings (SSSR count). The topological polar surface area (TPSA) is 41.6 Å². The first kappa shape index (κ1) is 10.3. The fourth-order valence-electron chi connectivity index (χ4n) is 1.23. The minimum absolute atomic E-state index is 0.000463. The average Bonchev–Trinajstić information content (AvgIpc) is 2.42. The molecule has 0 aromatic carbocycles. The minimum Gasteiger partial charge on any atom is -0.310 e. The number of nitrogens with one attached hydrogen (secondary N) is 1. The normalized spacial score (nSPS) is 26.0. The molecule has 1 aliphatic heterocycles. The molecule has 4 nitrogen and oxygen atoms in total. The Hall–Kier alpha value is -0.750. The largest absolute Gasteiger partial charge is 0.310 e. The van der Waals surface area contributed by atoms with E-state index in [1.54, 1.807) is 0 Å². The third-order valence-electron chi connectivity index (χ3n) is 2.10. The van der Waals surface area contributed by atoms with E-state index in [-0.39, 0.29) is 6.54 Å². The number of alkyl halides is 2. The van der Waals surface area contributed by atoms with Crippen LogP contribution < -0.4 is 5.32 Å². The molecule has 0 aromatic heterocycles. The van der Waals surface area contributed by atoms with E-state index in [1.807, 2.05) is 0 Å². The smallest absolute Gasteiger partial charge is 0.273 e. The van der Waals surface area contributed by atoms with E-state index in [0.29, 0.717) is 0 Å². The highest BCUT2D eigenvalue weighted by Gasteiger charge is 2.49. The molecule has 1 unspecified atom stereocenters. The maximum absolute atomic E-state index is 13.0. The maximum atomic E-state index is 13.0. The number of carbonyl (C=O) groups is 1. The summed E-state index contributed by atoms with van der Waals surface area (Å²) in [6.45, 7) is -0.444. The highest BCUT2D eigenvalue weighted by Crippen LogP contribution is 2.29. The molecule has 1 saturated heterocycles. The molecule has 0 radical (unpaired) electrons. The summed E-state index contributed by atoms with van der Waals surface area (Å²) >= 11 is 0. The summed E-state index contributed by atoms with van der Waals surface area (Å²) in [6, 6.07) is 0. The van der Waals surface area contributed by atoms with Crippen LogP contribution in [0.5, 0.6) is 0 Å². The lowest BCUT2D eigenvalue weighted by molar-refractivity contribution is -0.181. The summed E-state index contributed by atoms with van der Waals surface area (Å²) in [7, 11) is 2.58. The lowest BCUT2D eigenvalue weighted by Gasteiger charge is -2.21. The molecule has 0 bridgehead atoms. The predicted octanol–water partition coefficient (Wildman–Crippen LogP) is -0.139. The van der Waals surface area contributed by atoms with Crippen molar-refractivity contribution >= 4 is 5.91 Å². The first-order chi connectivity index (χ1) is 5.99. The van der Waals surface area contributed by atoms with Gasteiger partial charge in [-0.05, 0) is 0 Å². The van der Waals surface area contributed by atoms with Crippen molar-refractivity contribution in [1.29, 1.82) is 0 Å². The zero-order valence-corrected chi connectivity index (χ0v) is 7.51. The van der Waals surface area contributed by atoms with E-state index in [4.69, 9.17) is 0 Å². The van der Waals surface area contributed by atoms with Crippen LogP contribution in [-0.4, -0.2) is 44.1 Å². The van der Waals surface area contributed by atoms with Crippen LogP contribution in [0.1, 0.15) is 0 Å². The van der Waals surface area contributed by atoms with Gasteiger partial charge in [0.05, 0.1) is 13.7 Å². The van der Waals surface area contributed by atoms with Crippen LogP contribution in [0, 0.1) is 5.92 Å². The fraction of sp³-hybridized carbons (Fsp3) is 0.857. The molecule has 0 aliphatic carbocycles. The molecule has 6 heteroatoms. The SMILES string of the molecule is CON(C)C(=O)C1CNCC1(F)F. The van der Waals surface area contributed by atoms with Crippen molar-refractivity contribution in [1.82, 2.24) is 10.4 Å². The van der Waals surface area contributed by atoms with Crippen molar-refractivity contribution in [3.63, 3.8) is 0 Å². The summed E-state index contributed by atoms with van der Waals surface area (Å²) in [5.41, 5.74) is 0. The Morgan fingerprint density at radius 1 is 1.69 bits per heavy atom. The first-order valence-electron chi connectivity index (χ1n) is 3.89. The number of hydrogen-bond acceptors (Lipinski definition) is 3. The Morgan fingerprint density at radius 2 is 2.31 bits per heavy atom. The molecule has 0 spiro atoms. The Kier molecular flexibility index (Phi) is 2.82. The predicted molar refractivity (Wildman–Crippen MR) is 41.1 cm³/mol. The monoisotopic (exact) mass is 194 g/mol. The molecule has 1 atom stereocenters. The van der Waals surface area contributed by atoms with E-state index >= 15 is 0 Å². The van der Waals surface area contributed by atoms with Gasteiger partial charge in [0.2, 0.25) is 0 Å². The van der Waals surface area contributed by atoms with Crippen molar-refractivity contribution in [2.45, 2.75) is 5.92 Å². The second kappa shape index (κ2) is 3.55. The van der Waals surface area contributed by atoms with Gasteiger partial charge in [-0.3, -0.25) is 9.63 Å². The van der Waals surface area contributed by atoms with E-state index < -0.39 is 24.3 Å². The van der Waals surface area contributed by atoms with Gasteiger partial charge in [-0.15, -0.1) is 0 Å². The molecule has 1 heterocycles.